The monoisotopic (exact) mass is 432 g/mol. The topological polar surface area (TPSA) is 35.5 Å². The van der Waals surface area contributed by atoms with Crippen LogP contribution in [0.15, 0.2) is 60.7 Å². The number of rotatable bonds is 7. The lowest BCUT2D eigenvalue weighted by Gasteiger charge is -2.42. The van der Waals surface area contributed by atoms with Gasteiger partial charge in [-0.25, -0.2) is 4.79 Å². The van der Waals surface area contributed by atoms with Gasteiger partial charge in [-0.15, -0.1) is 0 Å². The van der Waals surface area contributed by atoms with E-state index in [1.807, 2.05) is 12.1 Å². The van der Waals surface area contributed by atoms with Crippen LogP contribution in [0.3, 0.4) is 0 Å². The Morgan fingerprint density at radius 3 is 2.31 bits per heavy atom. The molecule has 2 aromatic carbocycles. The SMILES string of the molecule is C/C=C/CCC1CCC2CC(c3ccc(C(=O)Oc4ccc(OC)cc4)cc3)CCC2C1. The number of carbonyl (C=O) groups is 1. The van der Waals surface area contributed by atoms with Crippen LogP contribution in [0.25, 0.3) is 0 Å². The van der Waals surface area contributed by atoms with Crippen LogP contribution in [-0.4, -0.2) is 13.1 Å². The number of fused-ring (bicyclic) bond motifs is 1. The number of hydrogen-bond acceptors (Lipinski definition) is 3. The van der Waals surface area contributed by atoms with E-state index < -0.39 is 0 Å². The number of allylic oxidation sites excluding steroid dienone is 2. The fourth-order valence-corrected chi connectivity index (χ4v) is 5.75. The minimum Gasteiger partial charge on any atom is -0.497 e. The Labute approximate surface area is 192 Å². The zero-order chi connectivity index (χ0) is 22.3. The summed E-state index contributed by atoms with van der Waals surface area (Å²) in [7, 11) is 1.62. The summed E-state index contributed by atoms with van der Waals surface area (Å²) < 4.78 is 10.6. The highest BCUT2D eigenvalue weighted by atomic mass is 16.5. The predicted octanol–water partition coefficient (Wildman–Crippen LogP) is 7.57. The van der Waals surface area contributed by atoms with E-state index in [1.54, 1.807) is 31.4 Å². The number of benzene rings is 2. The Kier molecular flexibility index (Phi) is 7.68. The molecule has 3 heteroatoms. The largest absolute Gasteiger partial charge is 0.497 e. The number of methoxy groups -OCH3 is 1. The first kappa shape index (κ1) is 22.6. The Balaban J connectivity index is 1.30. The Morgan fingerprint density at radius 2 is 1.59 bits per heavy atom. The molecule has 0 aliphatic heterocycles. The molecule has 2 saturated carbocycles. The molecule has 0 saturated heterocycles. The molecule has 0 N–H and O–H groups in total. The number of hydrogen-bond donors (Lipinski definition) is 0. The van der Waals surface area contributed by atoms with Crippen molar-refractivity contribution < 1.29 is 14.3 Å². The van der Waals surface area contributed by atoms with Crippen molar-refractivity contribution in [2.75, 3.05) is 7.11 Å². The molecule has 3 nitrogen and oxygen atoms in total. The van der Waals surface area contributed by atoms with Gasteiger partial charge in [-0.2, -0.15) is 0 Å². The Bertz CT molecular complexity index is 897. The molecular weight excluding hydrogens is 396 g/mol. The zero-order valence-corrected chi connectivity index (χ0v) is 19.5. The Hall–Kier alpha value is -2.55. The predicted molar refractivity (Wildman–Crippen MR) is 129 cm³/mol. The van der Waals surface area contributed by atoms with Crippen LogP contribution in [0.2, 0.25) is 0 Å². The lowest BCUT2D eigenvalue weighted by Crippen LogP contribution is -2.30. The highest BCUT2D eigenvalue weighted by molar-refractivity contribution is 5.91. The summed E-state index contributed by atoms with van der Waals surface area (Å²) in [5.41, 5.74) is 1.97. The molecule has 32 heavy (non-hydrogen) atoms. The molecule has 4 atom stereocenters. The third kappa shape index (κ3) is 5.62. The molecule has 0 bridgehead atoms. The number of ether oxygens (including phenoxy) is 2. The molecule has 0 spiro atoms. The van der Waals surface area contributed by atoms with Gasteiger partial charge in [0.25, 0.3) is 0 Å². The minimum absolute atomic E-state index is 0.318. The van der Waals surface area contributed by atoms with E-state index in [1.165, 1.54) is 56.9 Å². The molecule has 170 valence electrons. The molecule has 2 aromatic rings. The quantitative estimate of drug-likeness (QED) is 0.257. The minimum atomic E-state index is -0.318. The molecule has 0 radical (unpaired) electrons. The van der Waals surface area contributed by atoms with Gasteiger partial charge >= 0.3 is 5.97 Å². The highest BCUT2D eigenvalue weighted by Crippen LogP contribution is 2.48. The second kappa shape index (κ2) is 10.8. The van der Waals surface area contributed by atoms with Gasteiger partial charge in [-0.3, -0.25) is 0 Å². The van der Waals surface area contributed by atoms with Crippen LogP contribution in [0.4, 0.5) is 0 Å². The third-order valence-corrected chi connectivity index (χ3v) is 7.59. The summed E-state index contributed by atoms with van der Waals surface area (Å²) >= 11 is 0. The fraction of sp³-hybridized carbons (Fsp3) is 0.483. The summed E-state index contributed by atoms with van der Waals surface area (Å²) in [5.74, 6) is 4.32. The number of carbonyl (C=O) groups excluding carboxylic acids is 1. The van der Waals surface area contributed by atoms with Crippen LogP contribution >= 0.6 is 0 Å². The first-order valence-electron chi connectivity index (χ1n) is 12.2. The summed E-state index contributed by atoms with van der Waals surface area (Å²) in [6.07, 6.45) is 15.3. The zero-order valence-electron chi connectivity index (χ0n) is 19.5. The maximum Gasteiger partial charge on any atom is 0.343 e. The van der Waals surface area contributed by atoms with Gasteiger partial charge in [-0.05, 0) is 118 Å². The van der Waals surface area contributed by atoms with Crippen LogP contribution < -0.4 is 9.47 Å². The van der Waals surface area contributed by atoms with Gasteiger partial charge in [0.1, 0.15) is 11.5 Å². The molecule has 4 unspecified atom stereocenters. The summed E-state index contributed by atoms with van der Waals surface area (Å²) in [6, 6.07) is 15.2. The second-order valence-electron chi connectivity index (χ2n) is 9.54. The third-order valence-electron chi connectivity index (χ3n) is 7.59. The summed E-state index contributed by atoms with van der Waals surface area (Å²) in [5, 5.41) is 0. The normalized spacial score (nSPS) is 25.3. The van der Waals surface area contributed by atoms with E-state index in [-0.39, 0.29) is 5.97 Å². The van der Waals surface area contributed by atoms with E-state index in [9.17, 15) is 4.79 Å². The average Bonchev–Trinajstić information content (AvgIpc) is 2.84. The number of esters is 1. The van der Waals surface area contributed by atoms with Crippen LogP contribution in [-0.2, 0) is 0 Å². The highest BCUT2D eigenvalue weighted by Gasteiger charge is 2.35. The summed E-state index contributed by atoms with van der Waals surface area (Å²) in [4.78, 5) is 12.5. The smallest absolute Gasteiger partial charge is 0.343 e. The van der Waals surface area contributed by atoms with Gasteiger partial charge in [-0.1, -0.05) is 30.7 Å². The van der Waals surface area contributed by atoms with Gasteiger partial charge in [0.05, 0.1) is 12.7 Å². The average molecular weight is 433 g/mol. The van der Waals surface area contributed by atoms with E-state index in [4.69, 9.17) is 9.47 Å². The Morgan fingerprint density at radius 1 is 0.906 bits per heavy atom. The molecule has 2 aliphatic rings. The van der Waals surface area contributed by atoms with Crippen molar-refractivity contribution in [2.24, 2.45) is 17.8 Å². The fourth-order valence-electron chi connectivity index (χ4n) is 5.75. The molecular formula is C29H36O3. The van der Waals surface area contributed by atoms with Gasteiger partial charge < -0.3 is 9.47 Å². The standard InChI is InChI=1S/C29H36O3/c1-3-4-5-6-21-7-8-26-20-25(14-13-24(26)19-21)22-9-11-23(12-10-22)29(30)32-28-17-15-27(31-2)16-18-28/h3-4,9-12,15-18,21,24-26H,5-8,13-14,19-20H2,1-2H3/b4-3+. The summed E-state index contributed by atoms with van der Waals surface area (Å²) in [6.45, 7) is 2.12. The first-order chi connectivity index (χ1) is 15.7. The van der Waals surface area contributed by atoms with Gasteiger partial charge in [0, 0.05) is 0 Å². The first-order valence-corrected chi connectivity index (χ1v) is 12.2. The van der Waals surface area contributed by atoms with Crippen molar-refractivity contribution in [3.05, 3.63) is 71.8 Å². The van der Waals surface area contributed by atoms with E-state index >= 15 is 0 Å². The van der Waals surface area contributed by atoms with Crippen LogP contribution in [0.1, 0.15) is 80.1 Å². The molecule has 0 aromatic heterocycles. The van der Waals surface area contributed by atoms with Crippen LogP contribution in [0, 0.1) is 17.8 Å². The van der Waals surface area contributed by atoms with Gasteiger partial charge in [0.2, 0.25) is 0 Å². The second-order valence-corrected chi connectivity index (χ2v) is 9.54. The van der Waals surface area contributed by atoms with Crippen molar-refractivity contribution in [1.29, 1.82) is 0 Å². The van der Waals surface area contributed by atoms with E-state index in [0.717, 1.165) is 23.5 Å². The maximum absolute atomic E-state index is 12.5. The maximum atomic E-state index is 12.5. The van der Waals surface area contributed by atoms with E-state index in [2.05, 4.69) is 31.2 Å². The van der Waals surface area contributed by atoms with E-state index in [0.29, 0.717) is 17.2 Å². The molecule has 2 aliphatic carbocycles. The van der Waals surface area contributed by atoms with Crippen LogP contribution in [0.5, 0.6) is 11.5 Å². The lowest BCUT2D eigenvalue weighted by molar-refractivity contribution is 0.0734. The van der Waals surface area contributed by atoms with Gasteiger partial charge in [0.15, 0.2) is 0 Å². The van der Waals surface area contributed by atoms with Crippen molar-refractivity contribution in [3.63, 3.8) is 0 Å². The van der Waals surface area contributed by atoms with Crippen molar-refractivity contribution >= 4 is 5.97 Å². The van der Waals surface area contributed by atoms with Crippen molar-refractivity contribution in [2.45, 2.75) is 64.2 Å². The molecule has 0 amide bonds. The molecule has 2 fully saturated rings. The molecule has 0 heterocycles. The molecule has 4 rings (SSSR count). The van der Waals surface area contributed by atoms with Crippen molar-refractivity contribution in [1.82, 2.24) is 0 Å². The van der Waals surface area contributed by atoms with Crippen molar-refractivity contribution in [3.8, 4) is 11.5 Å². The lowest BCUT2D eigenvalue weighted by atomic mass is 9.63.